The maximum atomic E-state index is 11.4. The fraction of sp³-hybridized carbons (Fsp3) is 0.875. The molecular weight excluding hydrogens is 170 g/mol. The number of hydrogen-bond acceptors (Lipinski definition) is 2. The van der Waals surface area contributed by atoms with E-state index >= 15 is 0 Å². The Bertz CT molecular complexity index is 154. The first kappa shape index (κ1) is 11.5. The van der Waals surface area contributed by atoms with Crippen molar-refractivity contribution in [1.82, 2.24) is 4.57 Å². The molecule has 0 saturated carbocycles. The van der Waals surface area contributed by atoms with Gasteiger partial charge in [-0.05, 0) is 13.8 Å². The molecule has 12 heavy (non-hydrogen) atoms. The number of nitrogens with zero attached hydrogens (tertiary/aromatic N) is 1. The molecule has 72 valence electrons. The van der Waals surface area contributed by atoms with Crippen LogP contribution in [0, 0.1) is 0 Å². The first-order valence-corrected chi connectivity index (χ1v) is 7.82. The molecule has 1 amide bonds. The zero-order valence-corrected chi connectivity index (χ0v) is 9.68. The molecule has 0 N–H and O–H groups in total. The Labute approximate surface area is 75.8 Å². The lowest BCUT2D eigenvalue weighted by atomic mass is 10.7. The molecule has 0 rings (SSSR count). The van der Waals surface area contributed by atoms with Crippen LogP contribution in [0.15, 0.2) is 0 Å². The van der Waals surface area contributed by atoms with Gasteiger partial charge in [0.15, 0.2) is 8.24 Å². The predicted octanol–water partition coefficient (Wildman–Crippen LogP) is 2.30. The Hall–Kier alpha value is -0.513. The summed E-state index contributed by atoms with van der Waals surface area (Å²) in [5.41, 5.74) is 0. The van der Waals surface area contributed by atoms with Crippen molar-refractivity contribution in [2.24, 2.45) is 0 Å². The van der Waals surface area contributed by atoms with Crippen molar-refractivity contribution in [2.75, 3.05) is 13.2 Å². The maximum Gasteiger partial charge on any atom is 0.401 e. The highest BCUT2D eigenvalue weighted by molar-refractivity contribution is 6.75. The summed E-state index contributed by atoms with van der Waals surface area (Å²) in [5.74, 6) is 0. The first-order chi connectivity index (χ1) is 5.43. The SMILES string of the molecule is CCOC(=O)N(CC)[Si](C)(C)C. The summed E-state index contributed by atoms with van der Waals surface area (Å²) in [5, 5.41) is 0. The normalized spacial score (nSPS) is 11.1. The van der Waals surface area contributed by atoms with Gasteiger partial charge in [-0.2, -0.15) is 0 Å². The molecule has 0 bridgehead atoms. The van der Waals surface area contributed by atoms with E-state index in [1.165, 1.54) is 0 Å². The van der Waals surface area contributed by atoms with Crippen molar-refractivity contribution in [3.05, 3.63) is 0 Å². The van der Waals surface area contributed by atoms with E-state index in [0.29, 0.717) is 6.61 Å². The summed E-state index contributed by atoms with van der Waals surface area (Å²) in [6, 6.07) is 0. The molecule has 0 fully saturated rings. The van der Waals surface area contributed by atoms with Gasteiger partial charge in [-0.1, -0.05) is 19.6 Å². The molecule has 0 aromatic rings. The summed E-state index contributed by atoms with van der Waals surface area (Å²) in [7, 11) is -1.53. The summed E-state index contributed by atoms with van der Waals surface area (Å²) < 4.78 is 6.79. The van der Waals surface area contributed by atoms with Gasteiger partial charge in [-0.25, -0.2) is 4.79 Å². The van der Waals surface area contributed by atoms with Gasteiger partial charge in [0.25, 0.3) is 0 Å². The van der Waals surface area contributed by atoms with E-state index in [0.717, 1.165) is 6.54 Å². The van der Waals surface area contributed by atoms with Crippen molar-refractivity contribution in [3.8, 4) is 0 Å². The van der Waals surface area contributed by atoms with Crippen LogP contribution in [0.4, 0.5) is 4.79 Å². The molecule has 0 saturated heterocycles. The molecule has 4 heteroatoms. The van der Waals surface area contributed by atoms with Crippen molar-refractivity contribution >= 4 is 14.3 Å². The van der Waals surface area contributed by atoms with Gasteiger partial charge in [0, 0.05) is 6.54 Å². The summed E-state index contributed by atoms with van der Waals surface area (Å²) >= 11 is 0. The van der Waals surface area contributed by atoms with Crippen LogP contribution in [0.5, 0.6) is 0 Å². The molecule has 0 aliphatic rings. The minimum absolute atomic E-state index is 0.167. The van der Waals surface area contributed by atoms with E-state index in [1.54, 1.807) is 0 Å². The zero-order chi connectivity index (χ0) is 9.78. The van der Waals surface area contributed by atoms with Gasteiger partial charge in [0.2, 0.25) is 0 Å². The van der Waals surface area contributed by atoms with Gasteiger partial charge in [-0.15, -0.1) is 0 Å². The molecule has 0 heterocycles. The molecular formula is C8H19NO2Si. The molecule has 0 atom stereocenters. The number of hydrogen-bond donors (Lipinski definition) is 0. The third-order valence-corrected chi connectivity index (χ3v) is 3.73. The highest BCUT2D eigenvalue weighted by Crippen LogP contribution is 2.10. The summed E-state index contributed by atoms with van der Waals surface area (Å²) in [6.45, 7) is 11.4. The van der Waals surface area contributed by atoms with Crippen LogP contribution in [0.3, 0.4) is 0 Å². The zero-order valence-electron chi connectivity index (χ0n) is 8.68. The molecule has 0 spiro atoms. The highest BCUT2D eigenvalue weighted by Gasteiger charge is 2.27. The average Bonchev–Trinajstić information content (AvgIpc) is 1.85. The monoisotopic (exact) mass is 189 g/mol. The van der Waals surface area contributed by atoms with Gasteiger partial charge in [0.1, 0.15) is 0 Å². The van der Waals surface area contributed by atoms with Crippen molar-refractivity contribution < 1.29 is 9.53 Å². The second kappa shape index (κ2) is 4.50. The van der Waals surface area contributed by atoms with E-state index in [4.69, 9.17) is 4.74 Å². The van der Waals surface area contributed by atoms with Crippen LogP contribution in [-0.4, -0.2) is 32.0 Å². The lowest BCUT2D eigenvalue weighted by Gasteiger charge is -2.31. The molecule has 3 nitrogen and oxygen atoms in total. The molecule has 0 aliphatic heterocycles. The van der Waals surface area contributed by atoms with Crippen LogP contribution in [0.2, 0.25) is 19.6 Å². The third-order valence-electron chi connectivity index (χ3n) is 1.61. The molecule has 0 aromatic heterocycles. The topological polar surface area (TPSA) is 29.5 Å². The van der Waals surface area contributed by atoms with Crippen LogP contribution >= 0.6 is 0 Å². The van der Waals surface area contributed by atoms with Gasteiger partial charge in [0.05, 0.1) is 6.61 Å². The Balaban J connectivity index is 4.25. The highest BCUT2D eigenvalue weighted by atomic mass is 28.3. The Morgan fingerprint density at radius 2 is 1.83 bits per heavy atom. The summed E-state index contributed by atoms with van der Waals surface area (Å²) in [4.78, 5) is 11.4. The first-order valence-electron chi connectivity index (χ1n) is 4.37. The molecule has 0 aliphatic carbocycles. The quantitative estimate of drug-likeness (QED) is 0.638. The third kappa shape index (κ3) is 3.26. The van der Waals surface area contributed by atoms with E-state index in [9.17, 15) is 4.79 Å². The fourth-order valence-corrected chi connectivity index (χ4v) is 2.64. The second-order valence-electron chi connectivity index (χ2n) is 3.61. The average molecular weight is 189 g/mol. The van der Waals surface area contributed by atoms with Crippen molar-refractivity contribution in [1.29, 1.82) is 0 Å². The lowest BCUT2D eigenvalue weighted by Crippen LogP contribution is -2.49. The summed E-state index contributed by atoms with van der Waals surface area (Å²) in [6.07, 6.45) is -0.167. The predicted molar refractivity (Wildman–Crippen MR) is 52.7 cm³/mol. The standard InChI is InChI=1S/C8H19NO2Si/c1-6-9(12(3,4)5)8(10)11-7-2/h6-7H2,1-5H3. The number of carbonyl (C=O) groups excluding carboxylic acids is 1. The lowest BCUT2D eigenvalue weighted by molar-refractivity contribution is 0.130. The molecule has 0 unspecified atom stereocenters. The van der Waals surface area contributed by atoms with Gasteiger partial charge < -0.3 is 9.30 Å². The second-order valence-corrected chi connectivity index (χ2v) is 8.50. The van der Waals surface area contributed by atoms with Crippen LogP contribution < -0.4 is 0 Å². The van der Waals surface area contributed by atoms with Crippen LogP contribution in [-0.2, 0) is 4.74 Å². The Morgan fingerprint density at radius 1 is 1.33 bits per heavy atom. The number of ether oxygens (including phenoxy) is 1. The number of amides is 1. The van der Waals surface area contributed by atoms with Crippen LogP contribution in [0.1, 0.15) is 13.8 Å². The minimum atomic E-state index is -1.53. The van der Waals surface area contributed by atoms with E-state index in [1.807, 2.05) is 18.4 Å². The van der Waals surface area contributed by atoms with Crippen LogP contribution in [0.25, 0.3) is 0 Å². The Morgan fingerprint density at radius 3 is 2.08 bits per heavy atom. The number of rotatable bonds is 3. The smallest absolute Gasteiger partial charge is 0.401 e. The Kier molecular flexibility index (Phi) is 4.30. The maximum absolute atomic E-state index is 11.4. The minimum Gasteiger partial charge on any atom is -0.450 e. The van der Waals surface area contributed by atoms with Crippen molar-refractivity contribution in [3.63, 3.8) is 0 Å². The van der Waals surface area contributed by atoms with Gasteiger partial charge >= 0.3 is 6.09 Å². The fourth-order valence-electron chi connectivity index (χ4n) is 1.08. The molecule has 0 aromatic carbocycles. The number of carbonyl (C=O) groups is 1. The van der Waals surface area contributed by atoms with E-state index in [-0.39, 0.29) is 6.09 Å². The largest absolute Gasteiger partial charge is 0.450 e. The van der Waals surface area contributed by atoms with E-state index in [2.05, 4.69) is 19.6 Å². The van der Waals surface area contributed by atoms with E-state index < -0.39 is 8.24 Å². The van der Waals surface area contributed by atoms with Gasteiger partial charge in [-0.3, -0.25) is 0 Å². The van der Waals surface area contributed by atoms with Crippen molar-refractivity contribution in [2.45, 2.75) is 33.5 Å². The molecule has 0 radical (unpaired) electrons.